The first-order chi connectivity index (χ1) is 9.90. The van der Waals surface area contributed by atoms with Gasteiger partial charge < -0.3 is 16.6 Å². The molecule has 0 saturated carbocycles. The molecular weight excluding hydrogens is 270 g/mol. The van der Waals surface area contributed by atoms with Crippen molar-refractivity contribution in [1.29, 1.82) is 0 Å². The molecule has 2 unspecified atom stereocenters. The fraction of sp³-hybridized carbons (Fsp3) is 0.714. The van der Waals surface area contributed by atoms with Gasteiger partial charge in [-0.05, 0) is 33.2 Å². The molecule has 0 aliphatic carbocycles. The first-order valence-electron chi connectivity index (χ1n) is 7.41. The largest absolute Gasteiger partial charge is 0.396 e. The van der Waals surface area contributed by atoms with E-state index in [1.165, 1.54) is 0 Å². The summed E-state index contributed by atoms with van der Waals surface area (Å²) in [5, 5.41) is 14.6. The fourth-order valence-electron chi connectivity index (χ4n) is 2.95. The number of primary amides is 1. The van der Waals surface area contributed by atoms with Crippen LogP contribution < -0.4 is 11.5 Å². The average molecular weight is 295 g/mol. The molecule has 1 aliphatic heterocycles. The zero-order valence-electron chi connectivity index (χ0n) is 12.7. The lowest BCUT2D eigenvalue weighted by Gasteiger charge is -2.34. The average Bonchev–Trinajstić information content (AvgIpc) is 2.66. The molecule has 1 aromatic heterocycles. The number of aromatic nitrogens is 2. The number of carbonyl (C=O) groups is 1. The molecule has 2 heterocycles. The number of aliphatic hydroxyl groups excluding tert-OH is 1. The summed E-state index contributed by atoms with van der Waals surface area (Å²) in [5.74, 6) is -0.308. The molecule has 21 heavy (non-hydrogen) atoms. The van der Waals surface area contributed by atoms with Gasteiger partial charge in [0.2, 0.25) is 5.91 Å². The van der Waals surface area contributed by atoms with E-state index in [0.717, 1.165) is 37.2 Å². The van der Waals surface area contributed by atoms with Gasteiger partial charge in [-0.1, -0.05) is 6.42 Å². The SMILES string of the molecule is Cc1nn(CC(O)CN2CCCCC2C(N)=O)c(C)c1N. The number of nitrogen functional groups attached to an aromatic ring is 1. The summed E-state index contributed by atoms with van der Waals surface area (Å²) >= 11 is 0. The highest BCUT2D eigenvalue weighted by molar-refractivity contribution is 5.79. The molecule has 0 spiro atoms. The van der Waals surface area contributed by atoms with Crippen molar-refractivity contribution in [2.45, 2.75) is 51.8 Å². The van der Waals surface area contributed by atoms with E-state index in [1.807, 2.05) is 18.7 Å². The molecule has 5 N–H and O–H groups in total. The van der Waals surface area contributed by atoms with Gasteiger partial charge in [0.1, 0.15) is 0 Å². The van der Waals surface area contributed by atoms with Gasteiger partial charge >= 0.3 is 0 Å². The van der Waals surface area contributed by atoms with Gasteiger partial charge in [0, 0.05) is 6.54 Å². The lowest BCUT2D eigenvalue weighted by Crippen LogP contribution is -2.50. The Morgan fingerprint density at radius 3 is 2.71 bits per heavy atom. The molecule has 1 fully saturated rings. The van der Waals surface area contributed by atoms with Crippen LogP contribution >= 0.6 is 0 Å². The highest BCUT2D eigenvalue weighted by Gasteiger charge is 2.28. The maximum atomic E-state index is 11.5. The third-order valence-electron chi connectivity index (χ3n) is 4.21. The molecule has 1 aliphatic rings. The van der Waals surface area contributed by atoms with Gasteiger partial charge in [-0.2, -0.15) is 5.10 Å². The van der Waals surface area contributed by atoms with E-state index < -0.39 is 6.10 Å². The van der Waals surface area contributed by atoms with Crippen molar-refractivity contribution in [3.63, 3.8) is 0 Å². The van der Waals surface area contributed by atoms with E-state index in [-0.39, 0.29) is 11.9 Å². The Labute approximate surface area is 124 Å². The Balaban J connectivity index is 1.98. The molecular formula is C14H25N5O2. The number of nitrogens with zero attached hydrogens (tertiary/aromatic N) is 3. The van der Waals surface area contributed by atoms with Crippen molar-refractivity contribution in [1.82, 2.24) is 14.7 Å². The molecule has 7 nitrogen and oxygen atoms in total. The van der Waals surface area contributed by atoms with E-state index in [9.17, 15) is 9.90 Å². The molecule has 1 aromatic rings. The predicted molar refractivity (Wildman–Crippen MR) is 80.5 cm³/mol. The van der Waals surface area contributed by atoms with Crippen LogP contribution in [0.3, 0.4) is 0 Å². The monoisotopic (exact) mass is 295 g/mol. The molecule has 2 rings (SSSR count). The van der Waals surface area contributed by atoms with Gasteiger partial charge in [-0.25, -0.2) is 0 Å². The van der Waals surface area contributed by atoms with E-state index >= 15 is 0 Å². The lowest BCUT2D eigenvalue weighted by molar-refractivity contribution is -0.125. The van der Waals surface area contributed by atoms with Crippen LogP contribution in [0.5, 0.6) is 0 Å². The van der Waals surface area contributed by atoms with Crippen molar-refractivity contribution in [3.05, 3.63) is 11.4 Å². The number of aliphatic hydroxyl groups is 1. The third kappa shape index (κ3) is 3.54. The minimum Gasteiger partial charge on any atom is -0.396 e. The van der Waals surface area contributed by atoms with E-state index in [1.54, 1.807) is 4.68 Å². The highest BCUT2D eigenvalue weighted by atomic mass is 16.3. The van der Waals surface area contributed by atoms with Crippen LogP contribution in [0.2, 0.25) is 0 Å². The summed E-state index contributed by atoms with van der Waals surface area (Å²) in [6, 6.07) is -0.265. The zero-order chi connectivity index (χ0) is 15.6. The summed E-state index contributed by atoms with van der Waals surface area (Å²) in [6.07, 6.45) is 2.20. The number of β-amino-alcohol motifs (C(OH)–C–C–N with tert-alkyl or cyclic N) is 1. The molecule has 0 aromatic carbocycles. The third-order valence-corrected chi connectivity index (χ3v) is 4.21. The Morgan fingerprint density at radius 2 is 2.14 bits per heavy atom. The Hall–Kier alpha value is -1.60. The lowest BCUT2D eigenvalue weighted by atomic mass is 10.0. The number of anilines is 1. The van der Waals surface area contributed by atoms with Gasteiger partial charge in [0.05, 0.1) is 35.8 Å². The Morgan fingerprint density at radius 1 is 1.43 bits per heavy atom. The zero-order valence-corrected chi connectivity index (χ0v) is 12.7. The minimum absolute atomic E-state index is 0.265. The maximum absolute atomic E-state index is 11.5. The van der Waals surface area contributed by atoms with Crippen LogP contribution in [0.25, 0.3) is 0 Å². The normalized spacial score (nSPS) is 21.4. The van der Waals surface area contributed by atoms with Gasteiger partial charge in [-0.15, -0.1) is 0 Å². The van der Waals surface area contributed by atoms with E-state index in [2.05, 4.69) is 5.10 Å². The van der Waals surface area contributed by atoms with E-state index in [0.29, 0.717) is 18.8 Å². The number of likely N-dealkylation sites (tertiary alicyclic amines) is 1. The summed E-state index contributed by atoms with van der Waals surface area (Å²) < 4.78 is 1.72. The number of aryl methyl sites for hydroxylation is 1. The van der Waals surface area contributed by atoms with Crippen LogP contribution in [0, 0.1) is 13.8 Å². The first kappa shape index (κ1) is 15.8. The standard InChI is InChI=1S/C14H25N5O2/c1-9-13(15)10(2)19(17-9)8-11(20)7-18-6-4-3-5-12(18)14(16)21/h11-12,20H,3-8,15H2,1-2H3,(H2,16,21). The molecule has 2 atom stereocenters. The number of carbonyl (C=O) groups excluding carboxylic acids is 1. The number of piperidine rings is 1. The number of nitrogens with two attached hydrogens (primary N) is 2. The van der Waals surface area contributed by atoms with Crippen molar-refractivity contribution in [3.8, 4) is 0 Å². The Kier molecular flexibility index (Phi) is 4.84. The van der Waals surface area contributed by atoms with Gasteiger partial charge in [0.15, 0.2) is 0 Å². The van der Waals surface area contributed by atoms with Gasteiger partial charge in [-0.3, -0.25) is 14.4 Å². The van der Waals surface area contributed by atoms with Gasteiger partial charge in [0.25, 0.3) is 0 Å². The number of rotatable bonds is 5. The fourth-order valence-corrected chi connectivity index (χ4v) is 2.95. The van der Waals surface area contributed by atoms with Crippen LogP contribution in [-0.4, -0.2) is 50.9 Å². The minimum atomic E-state index is -0.609. The second kappa shape index (κ2) is 6.44. The summed E-state index contributed by atoms with van der Waals surface area (Å²) in [5.41, 5.74) is 13.6. The molecule has 0 bridgehead atoms. The van der Waals surface area contributed by atoms with Crippen LogP contribution in [0.15, 0.2) is 0 Å². The second-order valence-corrected chi connectivity index (χ2v) is 5.83. The first-order valence-corrected chi connectivity index (χ1v) is 7.41. The van der Waals surface area contributed by atoms with Crippen molar-refractivity contribution in [2.24, 2.45) is 5.73 Å². The Bertz CT molecular complexity index is 514. The molecule has 0 radical (unpaired) electrons. The molecule has 1 saturated heterocycles. The second-order valence-electron chi connectivity index (χ2n) is 5.83. The van der Waals surface area contributed by atoms with Crippen LogP contribution in [0.4, 0.5) is 5.69 Å². The predicted octanol–water partition coefficient (Wildman–Crippen LogP) is -0.217. The quantitative estimate of drug-likeness (QED) is 0.696. The van der Waals surface area contributed by atoms with Crippen LogP contribution in [-0.2, 0) is 11.3 Å². The van der Waals surface area contributed by atoms with Crippen molar-refractivity contribution in [2.75, 3.05) is 18.8 Å². The molecule has 1 amide bonds. The summed E-state index contributed by atoms with van der Waals surface area (Å²) in [6.45, 7) is 5.32. The number of hydrogen-bond donors (Lipinski definition) is 3. The summed E-state index contributed by atoms with van der Waals surface area (Å²) in [4.78, 5) is 13.4. The van der Waals surface area contributed by atoms with Crippen molar-refractivity contribution >= 4 is 11.6 Å². The molecule has 118 valence electrons. The van der Waals surface area contributed by atoms with Crippen LogP contribution in [0.1, 0.15) is 30.7 Å². The number of hydrogen-bond acceptors (Lipinski definition) is 5. The maximum Gasteiger partial charge on any atom is 0.234 e. The smallest absolute Gasteiger partial charge is 0.234 e. The highest BCUT2D eigenvalue weighted by Crippen LogP contribution is 2.18. The summed E-state index contributed by atoms with van der Waals surface area (Å²) in [7, 11) is 0. The van der Waals surface area contributed by atoms with E-state index in [4.69, 9.17) is 11.5 Å². The van der Waals surface area contributed by atoms with Crippen molar-refractivity contribution < 1.29 is 9.90 Å². The molecule has 7 heteroatoms. The topological polar surface area (TPSA) is 110 Å². The number of amides is 1.